The SMILES string of the molecule is C.C1CCNC1.C=C(CCC1(C=[N+]2CCCC2)CC=C(C)CC1)OC.C=CC(=O)OC.CC(=O)CCC1(C=O)CC=C(C)CC1.CC(=O)O.CC1=CC/C(=C\N2CCCC2)CC1.CC1=CC/C(=C\N2CCCC2)CC1.CC1=CCC(C=O)CC1.CC1=CCC(C=[N+]2CCCC2)(CCC(=O)C=O)CC1. The number of hydrogen-bond donors (Lipinski definition) is 2. The Bertz CT molecular complexity index is 2880. The van der Waals surface area contributed by atoms with E-state index in [0.717, 1.165) is 121 Å². The van der Waals surface area contributed by atoms with E-state index in [0.29, 0.717) is 30.5 Å². The fourth-order valence-corrected chi connectivity index (χ4v) is 14.2. The lowest BCUT2D eigenvalue weighted by molar-refractivity contribution is -0.505. The molecule has 0 spiro atoms. The van der Waals surface area contributed by atoms with Gasteiger partial charge in [-0.3, -0.25) is 14.4 Å². The molecule has 5 saturated heterocycles. The topological polar surface area (TPSA) is 183 Å². The van der Waals surface area contributed by atoms with Crippen LogP contribution in [0, 0.1) is 22.2 Å². The molecule has 0 saturated carbocycles. The molecule has 6 aliphatic carbocycles. The van der Waals surface area contributed by atoms with Crippen molar-refractivity contribution in [3.8, 4) is 0 Å². The third-order valence-corrected chi connectivity index (χ3v) is 21.5. The number of allylic oxidation sites excluding steroid dienone is 15. The monoisotopic (exact) mass is 1430 g/mol. The van der Waals surface area contributed by atoms with Gasteiger partial charge in [0.1, 0.15) is 57.0 Å². The maximum Gasteiger partial charge on any atom is 0.329 e. The summed E-state index contributed by atoms with van der Waals surface area (Å²) in [5.41, 5.74) is 12.4. The molecule has 15 heteroatoms. The highest BCUT2D eigenvalue weighted by atomic mass is 16.5. The van der Waals surface area contributed by atoms with Gasteiger partial charge in [-0.05, 0) is 247 Å². The van der Waals surface area contributed by atoms with Gasteiger partial charge in [-0.15, -0.1) is 0 Å². The van der Waals surface area contributed by atoms with Gasteiger partial charge in [-0.1, -0.05) is 102 Å². The van der Waals surface area contributed by atoms with Crippen LogP contribution in [0.4, 0.5) is 0 Å². The Kier molecular flexibility index (Phi) is 47.8. The number of carbonyl (C=O) groups excluding carboxylic acids is 6. The van der Waals surface area contributed by atoms with Crippen molar-refractivity contribution in [1.82, 2.24) is 15.1 Å². The van der Waals surface area contributed by atoms with Gasteiger partial charge in [0, 0.05) is 95.5 Å². The van der Waals surface area contributed by atoms with Crippen molar-refractivity contribution in [1.29, 1.82) is 0 Å². The predicted molar refractivity (Wildman–Crippen MR) is 427 cm³/mol. The number of methoxy groups -OCH3 is 2. The maximum atomic E-state index is 11.3. The van der Waals surface area contributed by atoms with Crippen LogP contribution in [0.3, 0.4) is 0 Å². The number of esters is 1. The number of likely N-dealkylation sites (tertiary alicyclic amines) is 2. The molecular formula is C88H143N5O10+2. The van der Waals surface area contributed by atoms with E-state index in [1.807, 2.05) is 0 Å². The van der Waals surface area contributed by atoms with Gasteiger partial charge < -0.3 is 44.1 Å². The summed E-state index contributed by atoms with van der Waals surface area (Å²) in [7, 11) is 3.04. The number of aliphatic carboxylic acids is 1. The number of carbonyl (C=O) groups is 7. The third kappa shape index (κ3) is 41.6. The molecule has 0 aromatic carbocycles. The van der Waals surface area contributed by atoms with Crippen LogP contribution in [0.2, 0.25) is 0 Å². The molecule has 103 heavy (non-hydrogen) atoms. The van der Waals surface area contributed by atoms with Crippen LogP contribution in [0.5, 0.6) is 0 Å². The molecule has 0 amide bonds. The quantitative estimate of drug-likeness (QED) is 0.0252. The van der Waals surface area contributed by atoms with Crippen molar-refractivity contribution in [3.63, 3.8) is 0 Å². The minimum Gasteiger partial charge on any atom is -0.502 e. The lowest BCUT2D eigenvalue weighted by atomic mass is 9.72. The van der Waals surface area contributed by atoms with E-state index in [2.05, 4.69) is 145 Å². The van der Waals surface area contributed by atoms with Crippen molar-refractivity contribution in [3.05, 3.63) is 118 Å². The molecule has 4 atom stereocenters. The molecule has 0 aromatic rings. The number of ether oxygens (including phenoxy) is 2. The number of aldehydes is 3. The Labute approximate surface area is 625 Å². The largest absolute Gasteiger partial charge is 0.502 e. The summed E-state index contributed by atoms with van der Waals surface area (Å²) >= 11 is 0. The highest BCUT2D eigenvalue weighted by molar-refractivity contribution is 6.24. The van der Waals surface area contributed by atoms with Gasteiger partial charge in [0.25, 0.3) is 5.97 Å². The van der Waals surface area contributed by atoms with Crippen molar-refractivity contribution < 1.29 is 57.3 Å². The average molecular weight is 1430 g/mol. The van der Waals surface area contributed by atoms with E-state index in [-0.39, 0.29) is 29.8 Å². The second-order valence-electron chi connectivity index (χ2n) is 30.7. The molecule has 0 radical (unpaired) electrons. The third-order valence-electron chi connectivity index (χ3n) is 21.5. The van der Waals surface area contributed by atoms with Gasteiger partial charge in [0.15, 0.2) is 12.1 Å². The van der Waals surface area contributed by atoms with Crippen LogP contribution in [0.15, 0.2) is 118 Å². The summed E-state index contributed by atoms with van der Waals surface area (Å²) in [6.07, 6.45) is 65.8. The standard InChI is InChI=1S/C17H28NO.C16H24NO2.2C12H19N.C12H18O2.C8H12O.C4H9N.C4H6O2.C2H4O2.CH4/c1-15-6-9-17(10-7-15,11-8-16(2)19-3)14-18-12-4-5-13-18;1-14-4-7-16(8-5-14,9-6-15(19)12-18)13-17-10-2-3-11-17;2*1-11-4-6-12(7-5-11)10-13-8-2-3-9-13;1-10-3-6-12(9-13,7-4-10)8-5-11(2)14;1-7-2-4-8(6-9)5-3-7;1-2-4-5-3-1;1-3-4(5)6-2;1-2(3)4;/h6,14H,2,4-5,7-13H2,1,3H3;4,12-13H,2-3,5-11H2,1H3;2*4,10H,2-3,5-9H2,1H3;3,9H,4-8H2,1-2H3;2,6,8H,3-5H2,1H3;5H,1-4H2;3H,1H2,2H3;1H3,(H,3,4);1H4/q2*+1;;;;;;;;/b;;2*12-10+;;;;;;. The van der Waals surface area contributed by atoms with Gasteiger partial charge in [0.05, 0.1) is 30.8 Å². The summed E-state index contributed by atoms with van der Waals surface area (Å²) in [6, 6.07) is 0. The maximum absolute atomic E-state index is 11.3. The number of rotatable bonds is 18. The Hall–Kier alpha value is -6.61. The second-order valence-corrected chi connectivity index (χ2v) is 30.7. The number of ketones is 2. The number of carboxylic acids is 1. The summed E-state index contributed by atoms with van der Waals surface area (Å²) in [5.74, 6) is -0.0813. The minimum atomic E-state index is -0.833. The molecule has 15 nitrogen and oxygen atoms in total. The molecule has 11 rings (SSSR count). The van der Waals surface area contributed by atoms with Crippen LogP contribution in [0.1, 0.15) is 281 Å². The fourth-order valence-electron chi connectivity index (χ4n) is 14.2. The molecule has 5 aliphatic heterocycles. The molecule has 0 bridgehead atoms. The predicted octanol–water partition coefficient (Wildman–Crippen LogP) is 18.7. The Morgan fingerprint density at radius 1 is 0.553 bits per heavy atom. The molecule has 5 fully saturated rings. The van der Waals surface area contributed by atoms with Crippen molar-refractivity contribution in [2.24, 2.45) is 22.2 Å². The van der Waals surface area contributed by atoms with Gasteiger partial charge in [-0.25, -0.2) is 13.9 Å². The lowest BCUT2D eigenvalue weighted by Crippen LogP contribution is -2.30. The first-order chi connectivity index (χ1) is 48.9. The average Bonchev–Trinajstić information content (AvgIpc) is 1.71. The van der Waals surface area contributed by atoms with E-state index in [1.54, 1.807) is 41.9 Å². The zero-order valence-electron chi connectivity index (χ0n) is 65.6. The smallest absolute Gasteiger partial charge is 0.329 e. The zero-order chi connectivity index (χ0) is 75.0. The Balaban J connectivity index is 0.000000407. The number of nitrogens with one attached hydrogen (secondary N) is 1. The Morgan fingerprint density at radius 2 is 0.961 bits per heavy atom. The van der Waals surface area contributed by atoms with E-state index in [9.17, 15) is 28.8 Å². The van der Waals surface area contributed by atoms with Gasteiger partial charge >= 0.3 is 5.97 Å². The summed E-state index contributed by atoms with van der Waals surface area (Å²) < 4.78 is 14.3. The van der Waals surface area contributed by atoms with E-state index in [4.69, 9.17) is 14.6 Å². The van der Waals surface area contributed by atoms with Crippen LogP contribution < -0.4 is 5.32 Å². The highest BCUT2D eigenvalue weighted by Gasteiger charge is 2.36. The fraction of sp³-hybridized carbons (Fsp3) is 0.670. The molecule has 4 unspecified atom stereocenters. The summed E-state index contributed by atoms with van der Waals surface area (Å²) in [6.45, 7) is 35.4. The molecular weight excluding hydrogens is 1290 g/mol. The van der Waals surface area contributed by atoms with Crippen molar-refractivity contribution in [2.75, 3.05) is 79.7 Å². The first-order valence-electron chi connectivity index (χ1n) is 39.1. The zero-order valence-corrected chi connectivity index (χ0v) is 65.6. The number of nitrogens with zero attached hydrogens (tertiary/aromatic N) is 4. The van der Waals surface area contributed by atoms with Crippen LogP contribution >= 0.6 is 0 Å². The van der Waals surface area contributed by atoms with E-state index < -0.39 is 11.9 Å². The normalized spacial score (nSPS) is 24.5. The second kappa shape index (κ2) is 53.2. The van der Waals surface area contributed by atoms with Crippen LogP contribution in [0.25, 0.3) is 0 Å². The van der Waals surface area contributed by atoms with Crippen LogP contribution in [-0.2, 0) is 43.0 Å². The highest BCUT2D eigenvalue weighted by Crippen LogP contribution is 2.41. The number of carboxylic acid groups (broad SMARTS) is 1. The van der Waals surface area contributed by atoms with E-state index in [1.165, 1.54) is 205 Å². The molecule has 11 aliphatic rings. The lowest BCUT2D eigenvalue weighted by Gasteiger charge is -2.31. The van der Waals surface area contributed by atoms with E-state index >= 15 is 0 Å². The molecule has 578 valence electrons. The van der Waals surface area contributed by atoms with Crippen molar-refractivity contribution >= 4 is 54.8 Å². The molecule has 0 aromatic heterocycles. The van der Waals surface area contributed by atoms with Crippen molar-refractivity contribution in [2.45, 2.75) is 281 Å². The molecule has 5 heterocycles. The minimum absolute atomic E-state index is 0. The summed E-state index contributed by atoms with van der Waals surface area (Å²) in [4.78, 5) is 77.8. The first kappa shape index (κ1) is 92.5. The first-order valence-corrected chi connectivity index (χ1v) is 39.1. The van der Waals surface area contributed by atoms with Crippen LogP contribution in [-0.4, -0.2) is 159 Å². The Morgan fingerprint density at radius 3 is 1.26 bits per heavy atom. The van der Waals surface area contributed by atoms with Gasteiger partial charge in [-0.2, -0.15) is 0 Å². The molecule has 2 N–H and O–H groups in total. The van der Waals surface area contributed by atoms with Gasteiger partial charge in [0.2, 0.25) is 0 Å². The number of Topliss-reactive ketones (excluding diaryl/α,β-unsaturated/α-hetero) is 2. The summed E-state index contributed by atoms with van der Waals surface area (Å²) in [5, 5.41) is 10.6. The number of hydrogen-bond acceptors (Lipinski definition) is 12.